The molecule has 0 unspecified atom stereocenters. The average molecular weight is 455 g/mol. The number of rotatable bonds is 9. The number of carbonyl (C=O) groups excluding carboxylic acids is 2. The van der Waals surface area contributed by atoms with Crippen LogP contribution in [0.25, 0.3) is 0 Å². The minimum atomic E-state index is -0.467. The summed E-state index contributed by atoms with van der Waals surface area (Å²) in [4.78, 5) is 32.2. The van der Waals surface area contributed by atoms with Crippen molar-refractivity contribution in [2.45, 2.75) is 50.9 Å². The van der Waals surface area contributed by atoms with Crippen LogP contribution in [0.15, 0.2) is 0 Å². The van der Waals surface area contributed by atoms with Crippen molar-refractivity contribution in [3.63, 3.8) is 0 Å². The first-order valence-corrected chi connectivity index (χ1v) is 12.1. The maximum atomic E-state index is 13.5. The lowest BCUT2D eigenvalue weighted by molar-refractivity contribution is -0.202. The fraction of sp³-hybridized carbons (Fsp3) is 0.913. The van der Waals surface area contributed by atoms with E-state index in [2.05, 4.69) is 22.2 Å². The third-order valence-electron chi connectivity index (χ3n) is 7.00. The Hall–Kier alpha value is -1.26. The number of carbonyl (C=O) groups is 2. The number of amides is 3. The molecular formula is C23H42N4O5. The summed E-state index contributed by atoms with van der Waals surface area (Å²) in [7, 11) is 6.10. The smallest absolute Gasteiger partial charge is 0.324 e. The van der Waals surface area contributed by atoms with Crippen LogP contribution in [0.4, 0.5) is 4.79 Å². The molecule has 1 N–H and O–H groups in total. The monoisotopic (exact) mass is 454 g/mol. The van der Waals surface area contributed by atoms with Gasteiger partial charge in [0.2, 0.25) is 5.91 Å². The van der Waals surface area contributed by atoms with Crippen LogP contribution in [0.5, 0.6) is 0 Å². The molecule has 3 aliphatic rings. The van der Waals surface area contributed by atoms with Crippen LogP contribution < -0.4 is 5.32 Å². The number of imide groups is 1. The van der Waals surface area contributed by atoms with E-state index in [0.717, 1.165) is 38.6 Å². The lowest BCUT2D eigenvalue weighted by atomic mass is 9.72. The number of fused-ring (bicyclic) bond motifs is 1. The van der Waals surface area contributed by atoms with E-state index in [0.29, 0.717) is 51.5 Å². The molecule has 0 aromatic carbocycles. The second-order valence-corrected chi connectivity index (χ2v) is 9.63. The first kappa shape index (κ1) is 25.4. The van der Waals surface area contributed by atoms with Gasteiger partial charge in [-0.1, -0.05) is 0 Å². The van der Waals surface area contributed by atoms with E-state index in [4.69, 9.17) is 14.2 Å². The molecule has 2 heterocycles. The van der Waals surface area contributed by atoms with Gasteiger partial charge in [0.25, 0.3) is 0 Å². The van der Waals surface area contributed by atoms with Gasteiger partial charge in [-0.3, -0.25) is 9.69 Å². The van der Waals surface area contributed by atoms with Crippen molar-refractivity contribution in [3.8, 4) is 0 Å². The Morgan fingerprint density at radius 2 is 1.97 bits per heavy atom. The lowest BCUT2D eigenvalue weighted by Gasteiger charge is -2.49. The highest BCUT2D eigenvalue weighted by atomic mass is 16.7. The minimum absolute atomic E-state index is 0.104. The second kappa shape index (κ2) is 11.7. The molecule has 2 aliphatic heterocycles. The molecule has 0 radical (unpaired) electrons. The van der Waals surface area contributed by atoms with Crippen molar-refractivity contribution in [2.75, 3.05) is 73.7 Å². The minimum Gasteiger partial charge on any atom is -0.380 e. The molecular weight excluding hydrogens is 412 g/mol. The number of likely N-dealkylation sites (tertiary alicyclic amines) is 1. The normalized spacial score (nSPS) is 27.5. The molecule has 1 saturated carbocycles. The Morgan fingerprint density at radius 1 is 1.22 bits per heavy atom. The van der Waals surface area contributed by atoms with E-state index in [9.17, 15) is 9.59 Å². The first-order valence-electron chi connectivity index (χ1n) is 12.1. The predicted octanol–water partition coefficient (Wildman–Crippen LogP) is 1.38. The van der Waals surface area contributed by atoms with E-state index in [1.807, 2.05) is 21.0 Å². The van der Waals surface area contributed by atoms with Gasteiger partial charge in [0.15, 0.2) is 5.79 Å². The average Bonchev–Trinajstić information content (AvgIpc) is 3.20. The molecule has 0 aromatic heterocycles. The first-order chi connectivity index (χ1) is 15.3. The number of hydrogen-bond acceptors (Lipinski definition) is 7. The summed E-state index contributed by atoms with van der Waals surface area (Å²) in [6, 6.07) is 0.120. The molecule has 3 amide bonds. The number of urea groups is 1. The zero-order valence-electron chi connectivity index (χ0n) is 20.3. The van der Waals surface area contributed by atoms with Gasteiger partial charge in [0.1, 0.15) is 0 Å². The second-order valence-electron chi connectivity index (χ2n) is 9.63. The Morgan fingerprint density at radius 3 is 2.66 bits per heavy atom. The third kappa shape index (κ3) is 6.41. The largest absolute Gasteiger partial charge is 0.380 e. The number of hydrogen-bond donors (Lipinski definition) is 1. The molecule has 9 heteroatoms. The van der Waals surface area contributed by atoms with Crippen molar-refractivity contribution >= 4 is 11.9 Å². The van der Waals surface area contributed by atoms with E-state index < -0.39 is 5.79 Å². The van der Waals surface area contributed by atoms with Crippen molar-refractivity contribution in [1.82, 2.24) is 20.0 Å². The van der Waals surface area contributed by atoms with Gasteiger partial charge in [-0.25, -0.2) is 4.79 Å². The highest BCUT2D eigenvalue weighted by molar-refractivity contribution is 5.95. The molecule has 3 fully saturated rings. The van der Waals surface area contributed by atoms with Crippen molar-refractivity contribution in [1.29, 1.82) is 0 Å². The fourth-order valence-electron chi connectivity index (χ4n) is 5.44. The van der Waals surface area contributed by atoms with E-state index in [1.165, 1.54) is 4.90 Å². The molecule has 0 bridgehead atoms. The number of nitrogens with one attached hydrogen (secondary N) is 1. The Balaban J connectivity index is 1.62. The summed E-state index contributed by atoms with van der Waals surface area (Å²) in [5.41, 5.74) is 0. The van der Waals surface area contributed by atoms with Gasteiger partial charge in [-0.05, 0) is 59.8 Å². The summed E-state index contributed by atoms with van der Waals surface area (Å²) in [5, 5.41) is 2.92. The molecule has 32 heavy (non-hydrogen) atoms. The molecule has 1 aliphatic carbocycles. The highest BCUT2D eigenvalue weighted by Gasteiger charge is 2.49. The van der Waals surface area contributed by atoms with Gasteiger partial charge in [-0.2, -0.15) is 0 Å². The van der Waals surface area contributed by atoms with E-state index in [-0.39, 0.29) is 24.4 Å². The van der Waals surface area contributed by atoms with Gasteiger partial charge in [-0.15, -0.1) is 0 Å². The molecule has 3 rings (SSSR count). The molecule has 3 atom stereocenters. The predicted molar refractivity (Wildman–Crippen MR) is 121 cm³/mol. The quantitative estimate of drug-likeness (QED) is 0.527. The zero-order chi connectivity index (χ0) is 23.1. The van der Waals surface area contributed by atoms with Crippen LogP contribution in [-0.4, -0.2) is 112 Å². The van der Waals surface area contributed by atoms with Gasteiger partial charge >= 0.3 is 6.03 Å². The molecule has 184 valence electrons. The maximum Gasteiger partial charge on any atom is 0.324 e. The SMILES string of the molecule is CCOCCN(C(=O)NCCCN(C)C)C(=O)[C@@H]1C[C@@H]2CC3(CC[C@H]2N(C)C1)OCCO3. The summed E-state index contributed by atoms with van der Waals surface area (Å²) in [6.45, 7) is 6.50. The topological polar surface area (TPSA) is 83.6 Å². The van der Waals surface area contributed by atoms with Crippen molar-refractivity contribution in [2.24, 2.45) is 11.8 Å². The summed E-state index contributed by atoms with van der Waals surface area (Å²) in [6.07, 6.45) is 4.35. The Bertz CT molecular complexity index is 626. The van der Waals surface area contributed by atoms with Crippen LogP contribution in [0, 0.1) is 11.8 Å². The van der Waals surface area contributed by atoms with Crippen LogP contribution in [-0.2, 0) is 19.0 Å². The van der Waals surface area contributed by atoms with Crippen LogP contribution in [0.3, 0.4) is 0 Å². The van der Waals surface area contributed by atoms with Crippen molar-refractivity contribution < 1.29 is 23.8 Å². The van der Waals surface area contributed by atoms with Crippen LogP contribution in [0.2, 0.25) is 0 Å². The van der Waals surface area contributed by atoms with Gasteiger partial charge in [0.05, 0.1) is 32.3 Å². The van der Waals surface area contributed by atoms with E-state index in [1.54, 1.807) is 0 Å². The van der Waals surface area contributed by atoms with Gasteiger partial charge in [0, 0.05) is 38.6 Å². The fourth-order valence-corrected chi connectivity index (χ4v) is 5.44. The summed E-state index contributed by atoms with van der Waals surface area (Å²) < 4.78 is 17.4. The number of nitrogens with zero attached hydrogens (tertiary/aromatic N) is 3. The molecule has 1 spiro atoms. The van der Waals surface area contributed by atoms with Crippen molar-refractivity contribution in [3.05, 3.63) is 0 Å². The van der Waals surface area contributed by atoms with Crippen LogP contribution in [0.1, 0.15) is 39.0 Å². The zero-order valence-corrected chi connectivity index (χ0v) is 20.3. The van der Waals surface area contributed by atoms with Crippen LogP contribution >= 0.6 is 0 Å². The van der Waals surface area contributed by atoms with E-state index >= 15 is 0 Å². The number of ether oxygens (including phenoxy) is 3. The highest BCUT2D eigenvalue weighted by Crippen LogP contribution is 2.45. The third-order valence-corrected chi connectivity index (χ3v) is 7.00. The number of piperidine rings is 1. The summed E-state index contributed by atoms with van der Waals surface area (Å²) >= 11 is 0. The summed E-state index contributed by atoms with van der Waals surface area (Å²) in [5.74, 6) is -0.461. The molecule has 9 nitrogen and oxygen atoms in total. The standard InChI is InChI=1S/C23H42N4O5/c1-5-30-12-11-27(22(29)24-9-6-10-25(2)3)21(28)19-15-18-16-23(31-13-14-32-23)8-7-20(18)26(4)17-19/h18-20H,5-17H2,1-4H3,(H,24,29)/t18-,19-,20-/m1/s1. The van der Waals surface area contributed by atoms with Gasteiger partial charge < -0.3 is 29.3 Å². The lowest BCUT2D eigenvalue weighted by Crippen LogP contribution is -2.57. The Kier molecular flexibility index (Phi) is 9.31. The molecule has 2 saturated heterocycles. The Labute approximate surface area is 192 Å². The molecule has 0 aromatic rings. The maximum absolute atomic E-state index is 13.5.